The van der Waals surface area contributed by atoms with E-state index in [4.69, 9.17) is 4.98 Å². The number of aryl methyl sites for hydroxylation is 1. The molecule has 0 fully saturated rings. The molecule has 0 aliphatic rings. The predicted octanol–water partition coefficient (Wildman–Crippen LogP) is 5.00. The first-order chi connectivity index (χ1) is 9.28. The van der Waals surface area contributed by atoms with Gasteiger partial charge in [-0.2, -0.15) is 0 Å². The maximum absolute atomic E-state index is 4.70. The van der Waals surface area contributed by atoms with Crippen molar-refractivity contribution in [3.05, 3.63) is 66.2 Å². The highest BCUT2D eigenvalue weighted by atomic mass is 32.1. The molecule has 0 bridgehead atoms. The Bertz CT molecular complexity index is 707. The van der Waals surface area contributed by atoms with E-state index in [0.717, 1.165) is 16.9 Å². The second kappa shape index (κ2) is 4.98. The summed E-state index contributed by atoms with van der Waals surface area (Å²) in [6.07, 6.45) is 2.87. The molecule has 0 atom stereocenters. The average Bonchev–Trinajstić information content (AvgIpc) is 2.85. The molecular formula is C17H15NS. The highest BCUT2D eigenvalue weighted by Gasteiger charge is 2.07. The molecule has 3 aromatic rings. The third-order valence-electron chi connectivity index (χ3n) is 3.25. The van der Waals surface area contributed by atoms with E-state index in [1.165, 1.54) is 21.4 Å². The van der Waals surface area contributed by atoms with Crippen molar-refractivity contribution in [2.45, 2.75) is 13.3 Å². The Balaban J connectivity index is 2.06. The number of allylic oxidation sites excluding steroid dienone is 1. The van der Waals surface area contributed by atoms with E-state index in [2.05, 4.69) is 49.9 Å². The Morgan fingerprint density at radius 2 is 2.05 bits per heavy atom. The molecule has 0 aliphatic carbocycles. The van der Waals surface area contributed by atoms with Crippen molar-refractivity contribution in [1.29, 1.82) is 0 Å². The van der Waals surface area contributed by atoms with Gasteiger partial charge in [0.25, 0.3) is 0 Å². The molecule has 0 N–H and O–H groups in total. The van der Waals surface area contributed by atoms with Crippen LogP contribution in [0.2, 0.25) is 0 Å². The molecule has 1 aromatic heterocycles. The van der Waals surface area contributed by atoms with Gasteiger partial charge in [-0.05, 0) is 42.7 Å². The molecule has 94 valence electrons. The zero-order valence-electron chi connectivity index (χ0n) is 10.9. The van der Waals surface area contributed by atoms with Crippen molar-refractivity contribution in [3.63, 3.8) is 0 Å². The van der Waals surface area contributed by atoms with Crippen LogP contribution in [0.1, 0.15) is 11.1 Å². The standard InChI is InChI=1S/C17H15NS/c1-3-6-13-9-10-14(11-12(13)2)17-18-15-7-4-5-8-16(15)19-17/h3-5,7-11H,1,6H2,2H3. The predicted molar refractivity (Wildman–Crippen MR) is 83.7 cm³/mol. The largest absolute Gasteiger partial charge is 0.236 e. The van der Waals surface area contributed by atoms with Gasteiger partial charge in [0.15, 0.2) is 0 Å². The maximum atomic E-state index is 4.70. The van der Waals surface area contributed by atoms with Crippen molar-refractivity contribution in [2.75, 3.05) is 0 Å². The molecule has 0 radical (unpaired) electrons. The Kier molecular flexibility index (Phi) is 3.18. The first-order valence-corrected chi connectivity index (χ1v) is 7.16. The molecule has 3 rings (SSSR count). The van der Waals surface area contributed by atoms with E-state index < -0.39 is 0 Å². The summed E-state index contributed by atoms with van der Waals surface area (Å²) in [7, 11) is 0. The molecule has 19 heavy (non-hydrogen) atoms. The second-order valence-electron chi connectivity index (χ2n) is 4.62. The van der Waals surface area contributed by atoms with Crippen LogP contribution in [0, 0.1) is 6.92 Å². The minimum atomic E-state index is 0.923. The van der Waals surface area contributed by atoms with Crippen molar-refractivity contribution >= 4 is 21.6 Å². The van der Waals surface area contributed by atoms with Crippen molar-refractivity contribution in [2.24, 2.45) is 0 Å². The van der Waals surface area contributed by atoms with Crippen LogP contribution in [-0.4, -0.2) is 4.98 Å². The number of rotatable bonds is 3. The minimum Gasteiger partial charge on any atom is -0.236 e. The summed E-state index contributed by atoms with van der Waals surface area (Å²) in [6, 6.07) is 14.8. The van der Waals surface area contributed by atoms with Crippen LogP contribution in [0.3, 0.4) is 0 Å². The van der Waals surface area contributed by atoms with E-state index >= 15 is 0 Å². The lowest BCUT2D eigenvalue weighted by atomic mass is 10.0. The molecule has 0 saturated carbocycles. The summed E-state index contributed by atoms with van der Waals surface area (Å²) >= 11 is 1.75. The molecular weight excluding hydrogens is 250 g/mol. The highest BCUT2D eigenvalue weighted by molar-refractivity contribution is 7.21. The molecule has 2 aromatic carbocycles. The summed E-state index contributed by atoms with van der Waals surface area (Å²) in [6.45, 7) is 5.94. The number of hydrogen-bond donors (Lipinski definition) is 0. The number of para-hydroxylation sites is 1. The van der Waals surface area contributed by atoms with Crippen molar-refractivity contribution in [3.8, 4) is 10.6 Å². The van der Waals surface area contributed by atoms with Gasteiger partial charge >= 0.3 is 0 Å². The first-order valence-electron chi connectivity index (χ1n) is 6.34. The molecule has 1 nitrogen and oxygen atoms in total. The Labute approximate surface area is 117 Å². The fourth-order valence-electron chi connectivity index (χ4n) is 2.21. The van der Waals surface area contributed by atoms with Gasteiger partial charge in [-0.25, -0.2) is 4.98 Å². The van der Waals surface area contributed by atoms with Crippen LogP contribution in [0.15, 0.2) is 55.1 Å². The van der Waals surface area contributed by atoms with Gasteiger partial charge in [0.1, 0.15) is 5.01 Å². The number of aromatic nitrogens is 1. The molecule has 0 unspecified atom stereocenters. The topological polar surface area (TPSA) is 12.9 Å². The van der Waals surface area contributed by atoms with Crippen LogP contribution >= 0.6 is 11.3 Å². The van der Waals surface area contributed by atoms with Crippen LogP contribution < -0.4 is 0 Å². The normalized spacial score (nSPS) is 10.8. The maximum Gasteiger partial charge on any atom is 0.124 e. The van der Waals surface area contributed by atoms with E-state index in [1.54, 1.807) is 11.3 Å². The lowest BCUT2D eigenvalue weighted by molar-refractivity contribution is 1.22. The number of nitrogens with zero attached hydrogens (tertiary/aromatic N) is 1. The summed E-state index contributed by atoms with van der Waals surface area (Å²) in [5.41, 5.74) is 4.92. The monoisotopic (exact) mass is 265 g/mol. The van der Waals surface area contributed by atoms with E-state index in [-0.39, 0.29) is 0 Å². The van der Waals surface area contributed by atoms with Crippen molar-refractivity contribution in [1.82, 2.24) is 4.98 Å². The van der Waals surface area contributed by atoms with E-state index in [0.29, 0.717) is 0 Å². The zero-order valence-corrected chi connectivity index (χ0v) is 11.7. The van der Waals surface area contributed by atoms with Gasteiger partial charge in [0.2, 0.25) is 0 Å². The average molecular weight is 265 g/mol. The van der Waals surface area contributed by atoms with Gasteiger partial charge in [-0.1, -0.05) is 30.3 Å². The molecule has 0 aliphatic heterocycles. The lowest BCUT2D eigenvalue weighted by Crippen LogP contribution is -1.87. The van der Waals surface area contributed by atoms with Gasteiger partial charge < -0.3 is 0 Å². The van der Waals surface area contributed by atoms with Gasteiger partial charge in [0, 0.05) is 5.56 Å². The van der Waals surface area contributed by atoms with Gasteiger partial charge in [-0.3, -0.25) is 0 Å². The summed E-state index contributed by atoms with van der Waals surface area (Å²) in [4.78, 5) is 4.70. The summed E-state index contributed by atoms with van der Waals surface area (Å²) in [5.74, 6) is 0. The molecule has 0 amide bonds. The third kappa shape index (κ3) is 2.32. The summed E-state index contributed by atoms with van der Waals surface area (Å²) < 4.78 is 1.24. The number of fused-ring (bicyclic) bond motifs is 1. The fraction of sp³-hybridized carbons (Fsp3) is 0.118. The second-order valence-corrected chi connectivity index (χ2v) is 5.65. The van der Waals surface area contributed by atoms with Crippen molar-refractivity contribution < 1.29 is 0 Å². The zero-order chi connectivity index (χ0) is 13.2. The van der Waals surface area contributed by atoms with Crippen LogP contribution in [-0.2, 0) is 6.42 Å². The molecule has 0 saturated heterocycles. The summed E-state index contributed by atoms with van der Waals surface area (Å²) in [5, 5.41) is 1.09. The molecule has 1 heterocycles. The van der Waals surface area contributed by atoms with E-state index in [1.807, 2.05) is 12.1 Å². The first kappa shape index (κ1) is 12.1. The lowest BCUT2D eigenvalue weighted by Gasteiger charge is -2.04. The van der Waals surface area contributed by atoms with Crippen LogP contribution in [0.25, 0.3) is 20.8 Å². The number of thiazole rings is 1. The number of hydrogen-bond acceptors (Lipinski definition) is 2. The van der Waals surface area contributed by atoms with E-state index in [9.17, 15) is 0 Å². The fourth-order valence-corrected chi connectivity index (χ4v) is 3.17. The van der Waals surface area contributed by atoms with Gasteiger partial charge in [-0.15, -0.1) is 17.9 Å². The quantitative estimate of drug-likeness (QED) is 0.607. The van der Waals surface area contributed by atoms with Crippen LogP contribution in [0.4, 0.5) is 0 Å². The smallest absolute Gasteiger partial charge is 0.124 e. The Hall–Kier alpha value is -1.93. The molecule has 2 heteroatoms. The van der Waals surface area contributed by atoms with Crippen LogP contribution in [0.5, 0.6) is 0 Å². The molecule has 0 spiro atoms. The minimum absolute atomic E-state index is 0.923. The Morgan fingerprint density at radius 1 is 1.21 bits per heavy atom. The highest BCUT2D eigenvalue weighted by Crippen LogP contribution is 2.31. The SMILES string of the molecule is C=CCc1ccc(-c2nc3ccccc3s2)cc1C. The third-order valence-corrected chi connectivity index (χ3v) is 4.33. The number of benzene rings is 2. The Morgan fingerprint density at radius 3 is 2.79 bits per heavy atom. The van der Waals surface area contributed by atoms with Gasteiger partial charge in [0.05, 0.1) is 10.2 Å².